The van der Waals surface area contributed by atoms with Gasteiger partial charge in [0.15, 0.2) is 0 Å². The first-order valence-electron chi connectivity index (χ1n) is 10.9. The first kappa shape index (κ1) is 20.2. The van der Waals surface area contributed by atoms with Crippen LogP contribution < -0.4 is 10.1 Å². The number of nitrogens with zero attached hydrogens (tertiary/aromatic N) is 5. The van der Waals surface area contributed by atoms with Gasteiger partial charge in [0.1, 0.15) is 17.8 Å². The second-order valence-electron chi connectivity index (χ2n) is 8.30. The third kappa shape index (κ3) is 3.84. The SMILES string of the molecule is COc1ccc2c(c1)cc(C(=O)NC1CCC(n3cc(-c4ccncn4)cn3)CC1)n2C. The van der Waals surface area contributed by atoms with Gasteiger partial charge < -0.3 is 14.6 Å². The molecular formula is C24H26N6O2. The molecule has 0 spiro atoms. The molecule has 5 rings (SSSR count). The summed E-state index contributed by atoms with van der Waals surface area (Å²) in [4.78, 5) is 21.2. The largest absolute Gasteiger partial charge is 0.497 e. The van der Waals surface area contributed by atoms with Crippen molar-refractivity contribution in [2.75, 3.05) is 7.11 Å². The van der Waals surface area contributed by atoms with Gasteiger partial charge in [-0.05, 0) is 56.0 Å². The van der Waals surface area contributed by atoms with Crippen molar-refractivity contribution in [2.45, 2.75) is 37.8 Å². The number of hydrogen-bond donors (Lipinski definition) is 1. The second-order valence-corrected chi connectivity index (χ2v) is 8.30. The van der Waals surface area contributed by atoms with Gasteiger partial charge in [0.05, 0.1) is 25.0 Å². The molecule has 0 unspecified atom stereocenters. The van der Waals surface area contributed by atoms with Gasteiger partial charge in [0.2, 0.25) is 0 Å². The van der Waals surface area contributed by atoms with E-state index in [1.54, 1.807) is 19.6 Å². The normalized spacial score (nSPS) is 18.6. The molecule has 8 nitrogen and oxygen atoms in total. The first-order valence-corrected chi connectivity index (χ1v) is 10.9. The quantitative estimate of drug-likeness (QED) is 0.521. The van der Waals surface area contributed by atoms with Gasteiger partial charge in [-0.3, -0.25) is 9.48 Å². The van der Waals surface area contributed by atoms with Crippen LogP contribution in [0.3, 0.4) is 0 Å². The van der Waals surface area contributed by atoms with E-state index >= 15 is 0 Å². The zero-order valence-electron chi connectivity index (χ0n) is 18.2. The molecule has 1 fully saturated rings. The topological polar surface area (TPSA) is 86.9 Å². The van der Waals surface area contributed by atoms with Gasteiger partial charge in [-0.15, -0.1) is 0 Å². The summed E-state index contributed by atoms with van der Waals surface area (Å²) in [5, 5.41) is 8.79. The summed E-state index contributed by atoms with van der Waals surface area (Å²) in [5.74, 6) is 0.756. The molecular weight excluding hydrogens is 404 g/mol. The predicted octanol–water partition coefficient (Wildman–Crippen LogP) is 3.75. The van der Waals surface area contributed by atoms with Crippen molar-refractivity contribution >= 4 is 16.8 Å². The summed E-state index contributed by atoms with van der Waals surface area (Å²) >= 11 is 0. The summed E-state index contributed by atoms with van der Waals surface area (Å²) in [6.07, 6.45) is 11.0. The highest BCUT2D eigenvalue weighted by Crippen LogP contribution is 2.30. The number of aromatic nitrogens is 5. The van der Waals surface area contributed by atoms with Gasteiger partial charge in [-0.2, -0.15) is 5.10 Å². The highest BCUT2D eigenvalue weighted by Gasteiger charge is 2.25. The van der Waals surface area contributed by atoms with Crippen LogP contribution in [0.5, 0.6) is 5.75 Å². The lowest BCUT2D eigenvalue weighted by Crippen LogP contribution is -2.38. The monoisotopic (exact) mass is 430 g/mol. The molecule has 0 aliphatic heterocycles. The fourth-order valence-electron chi connectivity index (χ4n) is 4.55. The van der Waals surface area contributed by atoms with Crippen LogP contribution in [0.1, 0.15) is 42.2 Å². The summed E-state index contributed by atoms with van der Waals surface area (Å²) in [7, 11) is 3.57. The number of carbonyl (C=O) groups is 1. The summed E-state index contributed by atoms with van der Waals surface area (Å²) in [6.45, 7) is 0. The van der Waals surface area contributed by atoms with Crippen molar-refractivity contribution in [3.8, 4) is 17.0 Å². The fraction of sp³-hybridized carbons (Fsp3) is 0.333. The Kier molecular flexibility index (Phi) is 5.34. The number of benzene rings is 1. The molecule has 4 aromatic rings. The van der Waals surface area contributed by atoms with Gasteiger partial charge in [-0.1, -0.05) is 0 Å². The van der Waals surface area contributed by atoms with Crippen LogP contribution in [0.4, 0.5) is 0 Å². The van der Waals surface area contributed by atoms with E-state index in [0.29, 0.717) is 11.7 Å². The van der Waals surface area contributed by atoms with Gasteiger partial charge >= 0.3 is 0 Å². The van der Waals surface area contributed by atoms with Crippen LogP contribution in [-0.2, 0) is 7.05 Å². The maximum absolute atomic E-state index is 13.0. The molecule has 3 heterocycles. The van der Waals surface area contributed by atoms with Crippen LogP contribution in [0, 0.1) is 0 Å². The van der Waals surface area contributed by atoms with Crippen molar-refractivity contribution in [3.63, 3.8) is 0 Å². The van der Waals surface area contributed by atoms with E-state index in [1.807, 2.05) is 52.8 Å². The number of amides is 1. The Morgan fingerprint density at radius 3 is 2.75 bits per heavy atom. The van der Waals surface area contributed by atoms with Gasteiger partial charge in [0, 0.05) is 41.9 Å². The number of hydrogen-bond acceptors (Lipinski definition) is 5. The average molecular weight is 431 g/mol. The highest BCUT2D eigenvalue weighted by atomic mass is 16.5. The molecule has 1 aliphatic rings. The second kappa shape index (κ2) is 8.45. The standard InChI is InChI=1S/C24H26N6O2/c1-29-22-8-7-20(32-2)11-16(22)12-23(29)24(31)28-18-3-5-19(6-4-18)30-14-17(13-27-30)21-9-10-25-15-26-21/h7-15,18-19H,3-6H2,1-2H3,(H,28,31). The Balaban J connectivity index is 1.22. The Bertz CT molecular complexity index is 1240. The summed E-state index contributed by atoms with van der Waals surface area (Å²) in [6, 6.07) is 10.2. The van der Waals surface area contributed by atoms with Crippen LogP contribution in [0.15, 0.2) is 55.2 Å². The lowest BCUT2D eigenvalue weighted by Gasteiger charge is -2.29. The van der Waals surface area contributed by atoms with E-state index in [9.17, 15) is 4.79 Å². The van der Waals surface area contributed by atoms with E-state index in [-0.39, 0.29) is 11.9 Å². The molecule has 1 aromatic carbocycles. The van der Waals surface area contributed by atoms with Crippen LogP contribution >= 0.6 is 0 Å². The minimum atomic E-state index is -0.0312. The lowest BCUT2D eigenvalue weighted by molar-refractivity contribution is 0.0914. The van der Waals surface area contributed by atoms with Crippen molar-refractivity contribution in [1.82, 2.24) is 29.6 Å². The van der Waals surface area contributed by atoms with E-state index in [4.69, 9.17) is 4.74 Å². The number of carbonyl (C=O) groups excluding carboxylic acids is 1. The molecule has 1 aliphatic carbocycles. The number of ether oxygens (including phenoxy) is 1. The minimum Gasteiger partial charge on any atom is -0.497 e. The third-order valence-electron chi connectivity index (χ3n) is 6.37. The maximum Gasteiger partial charge on any atom is 0.268 e. The molecule has 164 valence electrons. The van der Waals surface area contributed by atoms with Crippen molar-refractivity contribution in [3.05, 3.63) is 60.9 Å². The average Bonchev–Trinajstić information content (AvgIpc) is 3.45. The number of nitrogens with one attached hydrogen (secondary N) is 1. The maximum atomic E-state index is 13.0. The fourth-order valence-corrected chi connectivity index (χ4v) is 4.55. The Hall–Kier alpha value is -3.68. The highest BCUT2D eigenvalue weighted by molar-refractivity contribution is 5.99. The molecule has 0 radical (unpaired) electrons. The van der Waals surface area contributed by atoms with E-state index in [1.165, 1.54) is 0 Å². The smallest absolute Gasteiger partial charge is 0.268 e. The van der Waals surface area contributed by atoms with E-state index < -0.39 is 0 Å². The molecule has 3 aromatic heterocycles. The summed E-state index contributed by atoms with van der Waals surface area (Å²) < 4.78 is 9.28. The molecule has 1 saturated carbocycles. The number of aryl methyl sites for hydroxylation is 1. The molecule has 0 saturated heterocycles. The molecule has 8 heteroatoms. The van der Waals surface area contributed by atoms with E-state index in [0.717, 1.165) is 53.6 Å². The molecule has 0 atom stereocenters. The molecule has 32 heavy (non-hydrogen) atoms. The van der Waals surface area contributed by atoms with Gasteiger partial charge in [-0.25, -0.2) is 9.97 Å². The van der Waals surface area contributed by atoms with Crippen molar-refractivity contribution < 1.29 is 9.53 Å². The van der Waals surface area contributed by atoms with Crippen LogP contribution in [0.2, 0.25) is 0 Å². The minimum absolute atomic E-state index is 0.0312. The summed E-state index contributed by atoms with van der Waals surface area (Å²) in [5.41, 5.74) is 3.55. The van der Waals surface area contributed by atoms with Crippen molar-refractivity contribution in [2.24, 2.45) is 7.05 Å². The Morgan fingerprint density at radius 2 is 2.00 bits per heavy atom. The number of methoxy groups -OCH3 is 1. The number of rotatable bonds is 5. The zero-order valence-corrected chi connectivity index (χ0v) is 18.2. The molecule has 1 amide bonds. The van der Waals surface area contributed by atoms with Gasteiger partial charge in [0.25, 0.3) is 5.91 Å². The lowest BCUT2D eigenvalue weighted by atomic mass is 9.91. The zero-order chi connectivity index (χ0) is 22.1. The van der Waals surface area contributed by atoms with E-state index in [2.05, 4.69) is 26.6 Å². The number of fused-ring (bicyclic) bond motifs is 1. The third-order valence-corrected chi connectivity index (χ3v) is 6.37. The molecule has 1 N–H and O–H groups in total. The first-order chi connectivity index (χ1) is 15.6. The molecule has 0 bridgehead atoms. The van der Waals surface area contributed by atoms with Crippen LogP contribution in [-0.4, -0.2) is 43.4 Å². The predicted molar refractivity (Wildman–Crippen MR) is 121 cm³/mol. The van der Waals surface area contributed by atoms with Crippen molar-refractivity contribution in [1.29, 1.82) is 0 Å². The Morgan fingerprint density at radius 1 is 1.16 bits per heavy atom. The van der Waals surface area contributed by atoms with Crippen LogP contribution in [0.25, 0.3) is 22.2 Å². The Labute approximate surface area is 186 Å².